The summed E-state index contributed by atoms with van der Waals surface area (Å²) in [6, 6.07) is 6.86. The van der Waals surface area contributed by atoms with Crippen molar-refractivity contribution in [3.8, 4) is 0 Å². The van der Waals surface area contributed by atoms with E-state index in [1.165, 1.54) is 12.1 Å². The number of rotatable bonds is 4. The zero-order valence-electron chi connectivity index (χ0n) is 8.92. The second-order valence-corrected chi connectivity index (χ2v) is 3.39. The third kappa shape index (κ3) is 4.04. The number of carboxylic acid groups (broad SMARTS) is 1. The predicted octanol–water partition coefficient (Wildman–Crippen LogP) is -0.255. The molecule has 0 radical (unpaired) electrons. The standard InChI is InChI=1S/C11H12N2O4/c12-8(6-9(14)15)11(17)13-10(16)7-4-2-1-3-5-7/h1-5,8H,6,12H2,(H,14,15)(H,13,16,17)/t8-/m0/s1. The SMILES string of the molecule is N[C@@H](CC(=O)O)C(=O)NC(=O)c1ccccc1. The Morgan fingerprint density at radius 2 is 1.82 bits per heavy atom. The van der Waals surface area contributed by atoms with Crippen molar-refractivity contribution in [2.75, 3.05) is 0 Å². The molecule has 0 aliphatic rings. The topological polar surface area (TPSA) is 109 Å². The maximum atomic E-state index is 11.5. The van der Waals surface area contributed by atoms with Gasteiger partial charge in [-0.1, -0.05) is 18.2 Å². The molecule has 1 aromatic carbocycles. The summed E-state index contributed by atoms with van der Waals surface area (Å²) < 4.78 is 0. The Bertz CT molecular complexity index is 430. The largest absolute Gasteiger partial charge is 0.481 e. The van der Waals surface area contributed by atoms with Gasteiger partial charge < -0.3 is 10.8 Å². The van der Waals surface area contributed by atoms with E-state index in [1.807, 2.05) is 5.32 Å². The number of amides is 2. The van der Waals surface area contributed by atoms with Crippen LogP contribution in [0.15, 0.2) is 30.3 Å². The van der Waals surface area contributed by atoms with Gasteiger partial charge in [-0.3, -0.25) is 19.7 Å². The Kier molecular flexibility index (Phi) is 4.36. The van der Waals surface area contributed by atoms with E-state index < -0.39 is 30.2 Å². The van der Waals surface area contributed by atoms with E-state index in [-0.39, 0.29) is 0 Å². The number of hydrogen-bond acceptors (Lipinski definition) is 4. The van der Waals surface area contributed by atoms with Crippen molar-refractivity contribution in [2.45, 2.75) is 12.5 Å². The Hall–Kier alpha value is -2.21. The number of carbonyl (C=O) groups excluding carboxylic acids is 2. The first-order valence-corrected chi connectivity index (χ1v) is 4.88. The molecule has 1 aromatic rings. The average Bonchev–Trinajstić information content (AvgIpc) is 2.29. The predicted molar refractivity (Wildman–Crippen MR) is 59.1 cm³/mol. The van der Waals surface area contributed by atoms with Gasteiger partial charge in [0, 0.05) is 5.56 Å². The van der Waals surface area contributed by atoms with Crippen LogP contribution in [0.2, 0.25) is 0 Å². The highest BCUT2D eigenvalue weighted by Crippen LogP contribution is 1.98. The normalized spacial score (nSPS) is 11.6. The van der Waals surface area contributed by atoms with Crippen molar-refractivity contribution in [1.29, 1.82) is 0 Å². The van der Waals surface area contributed by atoms with Gasteiger partial charge in [0.25, 0.3) is 5.91 Å². The third-order valence-corrected chi connectivity index (χ3v) is 2.00. The van der Waals surface area contributed by atoms with Gasteiger partial charge in [-0.05, 0) is 12.1 Å². The fourth-order valence-corrected chi connectivity index (χ4v) is 1.15. The van der Waals surface area contributed by atoms with E-state index in [9.17, 15) is 14.4 Å². The van der Waals surface area contributed by atoms with Crippen molar-refractivity contribution in [3.05, 3.63) is 35.9 Å². The summed E-state index contributed by atoms with van der Waals surface area (Å²) >= 11 is 0. The van der Waals surface area contributed by atoms with E-state index in [0.717, 1.165) is 0 Å². The first kappa shape index (κ1) is 12.9. The molecule has 0 bridgehead atoms. The molecule has 0 unspecified atom stereocenters. The molecule has 0 spiro atoms. The molecule has 17 heavy (non-hydrogen) atoms. The van der Waals surface area contributed by atoms with Gasteiger partial charge in [-0.15, -0.1) is 0 Å². The monoisotopic (exact) mass is 236 g/mol. The second kappa shape index (κ2) is 5.76. The maximum Gasteiger partial charge on any atom is 0.305 e. The molecule has 6 nitrogen and oxygen atoms in total. The molecule has 0 aliphatic heterocycles. The number of carbonyl (C=O) groups is 3. The van der Waals surface area contributed by atoms with E-state index in [4.69, 9.17) is 10.8 Å². The lowest BCUT2D eigenvalue weighted by molar-refractivity contribution is -0.139. The molecule has 6 heteroatoms. The smallest absolute Gasteiger partial charge is 0.305 e. The fourth-order valence-electron chi connectivity index (χ4n) is 1.15. The molecule has 1 rings (SSSR count). The van der Waals surface area contributed by atoms with Crippen LogP contribution >= 0.6 is 0 Å². The zero-order chi connectivity index (χ0) is 12.8. The fraction of sp³-hybridized carbons (Fsp3) is 0.182. The van der Waals surface area contributed by atoms with Crippen LogP contribution in [0.4, 0.5) is 0 Å². The van der Waals surface area contributed by atoms with Gasteiger partial charge in [-0.2, -0.15) is 0 Å². The molecule has 0 heterocycles. The minimum atomic E-state index is -1.24. The summed E-state index contributed by atoms with van der Waals surface area (Å²) in [4.78, 5) is 33.2. The molecule has 4 N–H and O–H groups in total. The average molecular weight is 236 g/mol. The van der Waals surface area contributed by atoms with Crippen LogP contribution in [-0.4, -0.2) is 28.9 Å². The Balaban J connectivity index is 2.58. The van der Waals surface area contributed by atoms with Crippen LogP contribution in [0.25, 0.3) is 0 Å². The first-order valence-electron chi connectivity index (χ1n) is 4.88. The lowest BCUT2D eigenvalue weighted by atomic mass is 10.2. The minimum absolute atomic E-state index is 0.309. The quantitative estimate of drug-likeness (QED) is 0.667. The molecule has 0 aliphatic carbocycles. The van der Waals surface area contributed by atoms with Gasteiger partial charge in [0.2, 0.25) is 5.91 Å². The van der Waals surface area contributed by atoms with E-state index in [0.29, 0.717) is 5.56 Å². The highest BCUT2D eigenvalue weighted by molar-refractivity contribution is 6.06. The number of aliphatic carboxylic acids is 1. The van der Waals surface area contributed by atoms with Crippen molar-refractivity contribution in [2.24, 2.45) is 5.73 Å². The molecule has 0 saturated carbocycles. The van der Waals surface area contributed by atoms with E-state index in [2.05, 4.69) is 0 Å². The Morgan fingerprint density at radius 3 is 2.35 bits per heavy atom. The summed E-state index contributed by atoms with van der Waals surface area (Å²) in [5.41, 5.74) is 5.61. The molecule has 1 atom stereocenters. The number of imide groups is 1. The summed E-state index contributed by atoms with van der Waals surface area (Å²) in [6.45, 7) is 0. The van der Waals surface area contributed by atoms with Crippen LogP contribution in [0.1, 0.15) is 16.8 Å². The first-order chi connectivity index (χ1) is 8.00. The van der Waals surface area contributed by atoms with Crippen LogP contribution in [-0.2, 0) is 9.59 Å². The van der Waals surface area contributed by atoms with E-state index >= 15 is 0 Å². The Labute approximate surface area is 97.4 Å². The minimum Gasteiger partial charge on any atom is -0.481 e. The molecule has 90 valence electrons. The van der Waals surface area contributed by atoms with Gasteiger partial charge in [0.1, 0.15) is 0 Å². The second-order valence-electron chi connectivity index (χ2n) is 3.39. The molecule has 0 fully saturated rings. The number of nitrogens with two attached hydrogens (primary N) is 1. The van der Waals surface area contributed by atoms with Crippen molar-refractivity contribution >= 4 is 17.8 Å². The highest BCUT2D eigenvalue weighted by atomic mass is 16.4. The maximum absolute atomic E-state index is 11.5. The number of carboxylic acids is 1. The number of nitrogens with one attached hydrogen (secondary N) is 1. The third-order valence-electron chi connectivity index (χ3n) is 2.00. The van der Waals surface area contributed by atoms with Crippen LogP contribution in [0.3, 0.4) is 0 Å². The van der Waals surface area contributed by atoms with Crippen molar-refractivity contribution in [3.63, 3.8) is 0 Å². The van der Waals surface area contributed by atoms with Crippen molar-refractivity contribution < 1.29 is 19.5 Å². The number of hydrogen-bond donors (Lipinski definition) is 3. The van der Waals surface area contributed by atoms with Crippen molar-refractivity contribution in [1.82, 2.24) is 5.32 Å². The molecular weight excluding hydrogens is 224 g/mol. The molecule has 2 amide bonds. The van der Waals surface area contributed by atoms with Crippen LogP contribution < -0.4 is 11.1 Å². The van der Waals surface area contributed by atoms with E-state index in [1.54, 1.807) is 18.2 Å². The molecule has 0 aromatic heterocycles. The molecule has 0 saturated heterocycles. The van der Waals surface area contributed by atoms with Gasteiger partial charge in [0.15, 0.2) is 0 Å². The van der Waals surface area contributed by atoms with Gasteiger partial charge in [0.05, 0.1) is 12.5 Å². The molecular formula is C11H12N2O4. The zero-order valence-corrected chi connectivity index (χ0v) is 8.92. The van der Waals surface area contributed by atoms with Gasteiger partial charge in [-0.25, -0.2) is 0 Å². The van der Waals surface area contributed by atoms with Gasteiger partial charge >= 0.3 is 5.97 Å². The lowest BCUT2D eigenvalue weighted by Gasteiger charge is -2.08. The summed E-state index contributed by atoms with van der Waals surface area (Å²) in [6.07, 6.45) is -0.520. The summed E-state index contributed by atoms with van der Waals surface area (Å²) in [5.74, 6) is -2.60. The summed E-state index contributed by atoms with van der Waals surface area (Å²) in [5, 5.41) is 10.5. The Morgan fingerprint density at radius 1 is 1.24 bits per heavy atom. The number of benzene rings is 1. The summed E-state index contributed by atoms with van der Waals surface area (Å²) in [7, 11) is 0. The van der Waals surface area contributed by atoms with Crippen LogP contribution in [0, 0.1) is 0 Å². The highest BCUT2D eigenvalue weighted by Gasteiger charge is 2.19. The lowest BCUT2D eigenvalue weighted by Crippen LogP contribution is -2.44. The van der Waals surface area contributed by atoms with Crippen LogP contribution in [0.5, 0.6) is 0 Å².